The van der Waals surface area contributed by atoms with Gasteiger partial charge in [0.2, 0.25) is 5.88 Å². The van der Waals surface area contributed by atoms with Crippen LogP contribution in [-0.4, -0.2) is 28.1 Å². The van der Waals surface area contributed by atoms with Gasteiger partial charge in [-0.1, -0.05) is 12.1 Å². The van der Waals surface area contributed by atoms with Crippen LogP contribution in [0.3, 0.4) is 0 Å². The molecule has 0 saturated heterocycles. The fourth-order valence-corrected chi connectivity index (χ4v) is 1.66. The van der Waals surface area contributed by atoms with Gasteiger partial charge in [0.15, 0.2) is 11.5 Å². The van der Waals surface area contributed by atoms with E-state index in [0.29, 0.717) is 18.1 Å². The van der Waals surface area contributed by atoms with Crippen LogP contribution in [0.4, 0.5) is 0 Å². The highest BCUT2D eigenvalue weighted by atomic mass is 16.5. The Labute approximate surface area is 116 Å². The van der Waals surface area contributed by atoms with Crippen LogP contribution in [0.5, 0.6) is 17.4 Å². The normalized spacial score (nSPS) is 10.3. The first kappa shape index (κ1) is 14.1. The molecule has 0 radical (unpaired) electrons. The topological polar surface area (TPSA) is 73.6 Å². The predicted octanol–water partition coefficient (Wildman–Crippen LogP) is 1.43. The molecule has 2 rings (SSSR count). The van der Waals surface area contributed by atoms with Crippen LogP contribution in [0, 0.1) is 0 Å². The third kappa shape index (κ3) is 3.36. The fraction of sp³-hybridized carbons (Fsp3) is 0.286. The largest absolute Gasteiger partial charge is 0.490 e. The van der Waals surface area contributed by atoms with Gasteiger partial charge in [-0.3, -0.25) is 4.79 Å². The van der Waals surface area contributed by atoms with Gasteiger partial charge >= 0.3 is 0 Å². The number of aliphatic hydroxyl groups is 1. The Balaban J connectivity index is 2.26. The van der Waals surface area contributed by atoms with Gasteiger partial charge in [0.05, 0.1) is 19.8 Å². The predicted molar refractivity (Wildman–Crippen MR) is 73.3 cm³/mol. The Kier molecular flexibility index (Phi) is 4.73. The lowest BCUT2D eigenvalue weighted by molar-refractivity contribution is 0.262. The molecule has 0 fully saturated rings. The Morgan fingerprint density at radius 3 is 2.65 bits per heavy atom. The standard InChI is InChI=1S/C14H16N2O4/c1-2-19-11-5-3-4-6-12(11)20-13-7-8-14(18)16(15-13)9-10-17/h3-8,17H,2,9-10H2,1H3. The summed E-state index contributed by atoms with van der Waals surface area (Å²) in [4.78, 5) is 11.5. The molecular formula is C14H16N2O4. The van der Waals surface area contributed by atoms with Crippen LogP contribution >= 0.6 is 0 Å². The van der Waals surface area contributed by atoms with Gasteiger partial charge < -0.3 is 14.6 Å². The summed E-state index contributed by atoms with van der Waals surface area (Å²) in [5.41, 5.74) is -0.288. The minimum Gasteiger partial charge on any atom is -0.490 e. The molecule has 1 heterocycles. The molecule has 0 aliphatic heterocycles. The maximum absolute atomic E-state index is 11.5. The Morgan fingerprint density at radius 2 is 1.95 bits per heavy atom. The number of hydrogen-bond donors (Lipinski definition) is 1. The van der Waals surface area contributed by atoms with E-state index in [-0.39, 0.29) is 24.6 Å². The Morgan fingerprint density at radius 1 is 1.20 bits per heavy atom. The highest BCUT2D eigenvalue weighted by Gasteiger charge is 2.07. The van der Waals surface area contributed by atoms with Crippen LogP contribution in [-0.2, 0) is 6.54 Å². The van der Waals surface area contributed by atoms with E-state index < -0.39 is 0 Å². The van der Waals surface area contributed by atoms with Gasteiger partial charge in [-0.25, -0.2) is 4.68 Å². The van der Waals surface area contributed by atoms with E-state index >= 15 is 0 Å². The third-order valence-corrected chi connectivity index (χ3v) is 2.52. The van der Waals surface area contributed by atoms with E-state index in [1.807, 2.05) is 19.1 Å². The maximum atomic E-state index is 11.5. The van der Waals surface area contributed by atoms with Crippen molar-refractivity contribution in [2.75, 3.05) is 13.2 Å². The molecule has 0 aliphatic carbocycles. The summed E-state index contributed by atoms with van der Waals surface area (Å²) in [5.74, 6) is 1.40. The van der Waals surface area contributed by atoms with Crippen molar-refractivity contribution in [2.45, 2.75) is 13.5 Å². The van der Waals surface area contributed by atoms with Crippen LogP contribution in [0.25, 0.3) is 0 Å². The first-order valence-electron chi connectivity index (χ1n) is 6.33. The van der Waals surface area contributed by atoms with Gasteiger partial charge in [0.1, 0.15) is 0 Å². The van der Waals surface area contributed by atoms with Crippen molar-refractivity contribution < 1.29 is 14.6 Å². The summed E-state index contributed by atoms with van der Waals surface area (Å²) in [6.07, 6.45) is 0. The minimum atomic E-state index is -0.288. The van der Waals surface area contributed by atoms with Crippen LogP contribution in [0.2, 0.25) is 0 Å². The fourth-order valence-electron chi connectivity index (χ4n) is 1.66. The summed E-state index contributed by atoms with van der Waals surface area (Å²) >= 11 is 0. The van der Waals surface area contributed by atoms with Crippen molar-refractivity contribution in [1.29, 1.82) is 0 Å². The maximum Gasteiger partial charge on any atom is 0.267 e. The molecular weight excluding hydrogens is 260 g/mol. The molecule has 0 atom stereocenters. The van der Waals surface area contributed by atoms with E-state index in [0.717, 1.165) is 4.68 Å². The number of para-hydroxylation sites is 2. The number of benzene rings is 1. The monoisotopic (exact) mass is 276 g/mol. The number of aliphatic hydroxyl groups excluding tert-OH is 1. The molecule has 6 nitrogen and oxygen atoms in total. The van der Waals surface area contributed by atoms with Crippen molar-refractivity contribution in [3.05, 3.63) is 46.8 Å². The zero-order valence-corrected chi connectivity index (χ0v) is 11.2. The van der Waals surface area contributed by atoms with Gasteiger partial charge in [0, 0.05) is 12.1 Å². The molecule has 2 aromatic rings. The lowest BCUT2D eigenvalue weighted by atomic mass is 10.3. The smallest absolute Gasteiger partial charge is 0.267 e. The molecule has 1 aromatic heterocycles. The van der Waals surface area contributed by atoms with Crippen molar-refractivity contribution in [1.82, 2.24) is 9.78 Å². The molecule has 0 amide bonds. The van der Waals surface area contributed by atoms with Crippen molar-refractivity contribution in [3.8, 4) is 17.4 Å². The minimum absolute atomic E-state index is 0.128. The zero-order chi connectivity index (χ0) is 14.4. The van der Waals surface area contributed by atoms with Crippen LogP contribution in [0.15, 0.2) is 41.2 Å². The third-order valence-electron chi connectivity index (χ3n) is 2.52. The van der Waals surface area contributed by atoms with Gasteiger partial charge in [-0.05, 0) is 19.1 Å². The summed E-state index contributed by atoms with van der Waals surface area (Å²) in [6, 6.07) is 10.1. The molecule has 0 unspecified atom stereocenters. The van der Waals surface area contributed by atoms with E-state index in [1.165, 1.54) is 12.1 Å². The van der Waals surface area contributed by atoms with E-state index in [1.54, 1.807) is 12.1 Å². The number of nitrogens with zero attached hydrogens (tertiary/aromatic N) is 2. The molecule has 6 heteroatoms. The molecule has 1 N–H and O–H groups in total. The van der Waals surface area contributed by atoms with Crippen molar-refractivity contribution >= 4 is 0 Å². The molecule has 1 aromatic carbocycles. The van der Waals surface area contributed by atoms with E-state index in [2.05, 4.69) is 5.10 Å². The molecule has 0 aliphatic rings. The van der Waals surface area contributed by atoms with E-state index in [4.69, 9.17) is 14.6 Å². The first-order valence-corrected chi connectivity index (χ1v) is 6.33. The van der Waals surface area contributed by atoms with Crippen LogP contribution in [0.1, 0.15) is 6.92 Å². The number of aromatic nitrogens is 2. The van der Waals surface area contributed by atoms with Gasteiger partial charge in [-0.15, -0.1) is 5.10 Å². The highest BCUT2D eigenvalue weighted by Crippen LogP contribution is 2.29. The molecule has 0 saturated carbocycles. The van der Waals surface area contributed by atoms with Crippen molar-refractivity contribution in [2.24, 2.45) is 0 Å². The number of ether oxygens (including phenoxy) is 2. The van der Waals surface area contributed by atoms with E-state index in [9.17, 15) is 4.79 Å². The SMILES string of the molecule is CCOc1ccccc1Oc1ccc(=O)n(CCO)n1. The average molecular weight is 276 g/mol. The second-order valence-corrected chi connectivity index (χ2v) is 3.94. The summed E-state index contributed by atoms with van der Waals surface area (Å²) in [7, 11) is 0. The van der Waals surface area contributed by atoms with Crippen LogP contribution < -0.4 is 15.0 Å². The average Bonchev–Trinajstić information content (AvgIpc) is 2.45. The second-order valence-electron chi connectivity index (χ2n) is 3.94. The highest BCUT2D eigenvalue weighted by molar-refractivity contribution is 5.41. The molecule has 0 bridgehead atoms. The quantitative estimate of drug-likeness (QED) is 0.864. The lowest BCUT2D eigenvalue weighted by Gasteiger charge is -2.11. The Bertz CT molecular complexity index is 625. The summed E-state index contributed by atoms with van der Waals surface area (Å²) in [5, 5.41) is 12.9. The van der Waals surface area contributed by atoms with Gasteiger partial charge in [0.25, 0.3) is 5.56 Å². The molecule has 0 spiro atoms. The summed E-state index contributed by atoms with van der Waals surface area (Å²) in [6.45, 7) is 2.38. The summed E-state index contributed by atoms with van der Waals surface area (Å²) < 4.78 is 12.2. The molecule has 106 valence electrons. The second kappa shape index (κ2) is 6.72. The van der Waals surface area contributed by atoms with Gasteiger partial charge in [-0.2, -0.15) is 0 Å². The van der Waals surface area contributed by atoms with Crippen molar-refractivity contribution in [3.63, 3.8) is 0 Å². The first-order chi connectivity index (χ1) is 9.74. The zero-order valence-electron chi connectivity index (χ0n) is 11.2. The Hall–Kier alpha value is -2.34. The number of hydrogen-bond acceptors (Lipinski definition) is 5. The number of rotatable bonds is 6. The molecule has 20 heavy (non-hydrogen) atoms. The lowest BCUT2D eigenvalue weighted by Crippen LogP contribution is -2.23.